The fraction of sp³-hybridized carbons (Fsp3) is 0.211. The van der Waals surface area contributed by atoms with E-state index in [2.05, 4.69) is 9.98 Å². The fourth-order valence-electron chi connectivity index (χ4n) is 1.62. The Balaban J connectivity index is 0.000000923. The predicted octanol–water partition coefficient (Wildman–Crippen LogP) is 1.07. The van der Waals surface area contributed by atoms with Gasteiger partial charge in [0, 0.05) is 26.5 Å². The van der Waals surface area contributed by atoms with Gasteiger partial charge in [-0.25, -0.2) is 0 Å². The zero-order valence-corrected chi connectivity index (χ0v) is 15.6. The van der Waals surface area contributed by atoms with E-state index < -0.39 is 0 Å². The molecule has 0 aliphatic heterocycles. The third-order valence-electron chi connectivity index (χ3n) is 2.87. The molecular formula is C19H21N3NiO3. The minimum atomic E-state index is -0.0416. The Hall–Kier alpha value is -2.66. The van der Waals surface area contributed by atoms with E-state index in [0.29, 0.717) is 24.2 Å². The molecule has 2 rings (SSSR count). The summed E-state index contributed by atoms with van der Waals surface area (Å²) in [5.74, 6) is -0.0833. The quantitative estimate of drug-likeness (QED) is 0.316. The molecule has 6 nitrogen and oxygen atoms in total. The zero-order chi connectivity index (χ0) is 18.5. The third kappa shape index (κ3) is 9.59. The number of para-hydroxylation sites is 2. The molecule has 0 N–H and O–H groups in total. The topological polar surface area (TPSA) is 91.2 Å². The Morgan fingerprint density at radius 2 is 1.19 bits per heavy atom. The Bertz CT molecular complexity index is 663. The summed E-state index contributed by atoms with van der Waals surface area (Å²) in [6.07, 6.45) is 3.86. The van der Waals surface area contributed by atoms with E-state index in [1.807, 2.05) is 0 Å². The molecule has 140 valence electrons. The van der Waals surface area contributed by atoms with E-state index in [4.69, 9.17) is 0 Å². The maximum Gasteiger partial charge on any atom is 2.00 e. The minimum Gasteiger partial charge on any atom is -0.872 e. The van der Waals surface area contributed by atoms with Gasteiger partial charge in [-0.15, -0.1) is 11.5 Å². The number of amides is 1. The molecule has 7 heteroatoms. The van der Waals surface area contributed by atoms with Crippen molar-refractivity contribution < 1.29 is 31.5 Å². The van der Waals surface area contributed by atoms with Gasteiger partial charge in [0.15, 0.2) is 0 Å². The van der Waals surface area contributed by atoms with Crippen molar-refractivity contribution in [2.45, 2.75) is 0 Å². The fourth-order valence-corrected chi connectivity index (χ4v) is 1.62. The van der Waals surface area contributed by atoms with Crippen molar-refractivity contribution >= 4 is 18.8 Å². The molecule has 2 aromatic rings. The van der Waals surface area contributed by atoms with Crippen molar-refractivity contribution in [1.29, 1.82) is 0 Å². The van der Waals surface area contributed by atoms with Gasteiger partial charge in [0.1, 0.15) is 0 Å². The van der Waals surface area contributed by atoms with Crippen molar-refractivity contribution in [3.63, 3.8) is 0 Å². The third-order valence-corrected chi connectivity index (χ3v) is 2.87. The van der Waals surface area contributed by atoms with Crippen molar-refractivity contribution in [3.8, 4) is 11.5 Å². The number of carbonyl (C=O) groups is 1. The van der Waals surface area contributed by atoms with Crippen LogP contribution in [-0.2, 0) is 21.3 Å². The number of aliphatic imine (C=N–C) groups is 2. The number of hydrogen-bond acceptors (Lipinski definition) is 5. The van der Waals surface area contributed by atoms with Gasteiger partial charge in [0.25, 0.3) is 0 Å². The maximum atomic E-state index is 11.4. The SMILES string of the molecule is CN(C)C=O.[Ni+2].[O-]c1ccccc1C=NCCN=Cc1ccccc1[O-]. The van der Waals surface area contributed by atoms with E-state index in [0.717, 1.165) is 6.41 Å². The van der Waals surface area contributed by atoms with Crippen LogP contribution in [0.2, 0.25) is 0 Å². The van der Waals surface area contributed by atoms with Gasteiger partial charge < -0.3 is 15.1 Å². The first-order valence-electron chi connectivity index (χ1n) is 7.68. The van der Waals surface area contributed by atoms with Gasteiger partial charge in [-0.2, -0.15) is 0 Å². The molecule has 0 heterocycles. The average molecular weight is 398 g/mol. The molecule has 0 spiro atoms. The number of rotatable bonds is 6. The van der Waals surface area contributed by atoms with Crippen LogP contribution >= 0.6 is 0 Å². The van der Waals surface area contributed by atoms with Crippen molar-refractivity contribution in [3.05, 3.63) is 59.7 Å². The Morgan fingerprint density at radius 3 is 1.50 bits per heavy atom. The second-order valence-electron chi connectivity index (χ2n) is 5.22. The van der Waals surface area contributed by atoms with Crippen LogP contribution < -0.4 is 10.2 Å². The molecule has 1 amide bonds. The summed E-state index contributed by atoms with van der Waals surface area (Å²) < 4.78 is 0. The van der Waals surface area contributed by atoms with Gasteiger partial charge in [0.2, 0.25) is 6.41 Å². The van der Waals surface area contributed by atoms with Crippen molar-refractivity contribution in [2.24, 2.45) is 9.98 Å². The maximum absolute atomic E-state index is 11.4. The molecule has 0 fully saturated rings. The van der Waals surface area contributed by atoms with Crippen LogP contribution in [0.25, 0.3) is 0 Å². The summed E-state index contributed by atoms with van der Waals surface area (Å²) in [5.41, 5.74) is 1.14. The second-order valence-corrected chi connectivity index (χ2v) is 5.22. The summed E-state index contributed by atoms with van der Waals surface area (Å²) in [6.45, 7) is 0.956. The summed E-state index contributed by atoms with van der Waals surface area (Å²) in [4.78, 5) is 19.2. The summed E-state index contributed by atoms with van der Waals surface area (Å²) in [6, 6.07) is 13.5. The molecule has 0 radical (unpaired) electrons. The van der Waals surface area contributed by atoms with Crippen LogP contribution in [0.3, 0.4) is 0 Å². The number of benzene rings is 2. The van der Waals surface area contributed by atoms with E-state index in [1.54, 1.807) is 62.9 Å². The molecule has 0 aromatic heterocycles. The molecule has 2 aromatic carbocycles. The zero-order valence-electron chi connectivity index (χ0n) is 14.6. The first kappa shape index (κ1) is 23.3. The molecule has 0 bridgehead atoms. The minimum absolute atomic E-state index is 0. The van der Waals surface area contributed by atoms with Crippen LogP contribution in [-0.4, -0.2) is 50.9 Å². The first-order valence-corrected chi connectivity index (χ1v) is 7.68. The Kier molecular flexibility index (Phi) is 12.2. The molecule has 0 saturated carbocycles. The number of carbonyl (C=O) groups excluding carboxylic acids is 1. The number of nitrogens with zero attached hydrogens (tertiary/aromatic N) is 3. The molecule has 0 atom stereocenters. The van der Waals surface area contributed by atoms with Gasteiger partial charge in [-0.1, -0.05) is 48.5 Å². The summed E-state index contributed by atoms with van der Waals surface area (Å²) in [7, 11) is 3.38. The van der Waals surface area contributed by atoms with E-state index >= 15 is 0 Å². The standard InChI is InChI=1S/C16H16N2O2.C3H7NO.Ni/c19-15-7-3-1-5-13(15)11-17-9-10-18-12-14-6-2-4-8-16(14)20;1-4(2)3-5;/h1-8,11-12,19-20H,9-10H2;3H,1-2H3;/q;;+2/p-2. The summed E-state index contributed by atoms with van der Waals surface area (Å²) in [5, 5.41) is 22.8. The van der Waals surface area contributed by atoms with Gasteiger partial charge >= 0.3 is 16.5 Å². The van der Waals surface area contributed by atoms with Crippen LogP contribution in [0.15, 0.2) is 58.5 Å². The average Bonchev–Trinajstić information content (AvgIpc) is 2.61. The molecular weight excluding hydrogens is 377 g/mol. The predicted molar refractivity (Wildman–Crippen MR) is 96.4 cm³/mol. The smallest absolute Gasteiger partial charge is 0.872 e. The van der Waals surface area contributed by atoms with Crippen LogP contribution in [0, 0.1) is 0 Å². The Morgan fingerprint density at radius 1 is 0.846 bits per heavy atom. The first-order chi connectivity index (χ1) is 12.0. The van der Waals surface area contributed by atoms with Crippen molar-refractivity contribution in [2.75, 3.05) is 27.2 Å². The van der Waals surface area contributed by atoms with E-state index in [-0.39, 0.29) is 28.0 Å². The van der Waals surface area contributed by atoms with Crippen molar-refractivity contribution in [1.82, 2.24) is 4.90 Å². The number of hydrogen-bond donors (Lipinski definition) is 0. The van der Waals surface area contributed by atoms with Crippen LogP contribution in [0.1, 0.15) is 11.1 Å². The van der Waals surface area contributed by atoms with Gasteiger partial charge in [-0.3, -0.25) is 14.8 Å². The van der Waals surface area contributed by atoms with E-state index in [1.165, 1.54) is 17.0 Å². The molecule has 0 unspecified atom stereocenters. The van der Waals surface area contributed by atoms with Crippen LogP contribution in [0.4, 0.5) is 0 Å². The van der Waals surface area contributed by atoms with E-state index in [9.17, 15) is 15.0 Å². The molecule has 0 saturated heterocycles. The summed E-state index contributed by atoms with van der Waals surface area (Å²) >= 11 is 0. The largest absolute Gasteiger partial charge is 2.00 e. The molecule has 26 heavy (non-hydrogen) atoms. The normalized spacial score (nSPS) is 10.1. The van der Waals surface area contributed by atoms with Gasteiger partial charge in [-0.05, 0) is 11.1 Å². The Labute approximate surface area is 163 Å². The monoisotopic (exact) mass is 397 g/mol. The second kappa shape index (κ2) is 13.6. The molecule has 0 aliphatic rings. The van der Waals surface area contributed by atoms with Crippen LogP contribution in [0.5, 0.6) is 11.5 Å². The van der Waals surface area contributed by atoms with Gasteiger partial charge in [0.05, 0.1) is 13.1 Å². The molecule has 0 aliphatic carbocycles.